The van der Waals surface area contributed by atoms with Crippen molar-refractivity contribution in [2.24, 2.45) is 0 Å². The molecule has 30 heavy (non-hydrogen) atoms. The van der Waals surface area contributed by atoms with Crippen molar-refractivity contribution in [3.63, 3.8) is 0 Å². The SMILES string of the molecule is O=C(NCCCc1ccccc1)c1ccccc1-c1ccc(Cn2cccn2)cc1. The second kappa shape index (κ2) is 9.70. The van der Waals surface area contributed by atoms with Crippen LogP contribution in [0.4, 0.5) is 0 Å². The average molecular weight is 396 g/mol. The second-order valence-corrected chi connectivity index (χ2v) is 7.29. The largest absolute Gasteiger partial charge is 0.352 e. The fourth-order valence-corrected chi connectivity index (χ4v) is 3.54. The number of hydrogen-bond acceptors (Lipinski definition) is 2. The molecule has 1 heterocycles. The van der Waals surface area contributed by atoms with E-state index in [1.54, 1.807) is 6.20 Å². The van der Waals surface area contributed by atoms with E-state index >= 15 is 0 Å². The van der Waals surface area contributed by atoms with Gasteiger partial charge in [-0.1, -0.05) is 72.8 Å². The maximum absolute atomic E-state index is 12.8. The van der Waals surface area contributed by atoms with Gasteiger partial charge in [-0.05, 0) is 47.2 Å². The molecule has 0 atom stereocenters. The van der Waals surface area contributed by atoms with E-state index < -0.39 is 0 Å². The van der Waals surface area contributed by atoms with Crippen LogP contribution in [-0.2, 0) is 13.0 Å². The Hall–Kier alpha value is -3.66. The van der Waals surface area contributed by atoms with Crippen LogP contribution >= 0.6 is 0 Å². The zero-order chi connectivity index (χ0) is 20.6. The standard InChI is InChI=1S/C26H25N3O/c30-26(27-17-6-10-21-8-2-1-3-9-21)25-12-5-4-11-24(25)23-15-13-22(14-16-23)20-29-19-7-18-28-29/h1-5,7-9,11-16,18-19H,6,10,17,20H2,(H,27,30). The average Bonchev–Trinajstić information content (AvgIpc) is 3.31. The number of aromatic nitrogens is 2. The van der Waals surface area contributed by atoms with Gasteiger partial charge in [0.05, 0.1) is 6.54 Å². The van der Waals surface area contributed by atoms with E-state index in [1.165, 1.54) is 11.1 Å². The summed E-state index contributed by atoms with van der Waals surface area (Å²) in [6.45, 7) is 1.39. The number of amides is 1. The van der Waals surface area contributed by atoms with Crippen molar-refractivity contribution in [2.75, 3.05) is 6.54 Å². The van der Waals surface area contributed by atoms with Crippen molar-refractivity contribution in [2.45, 2.75) is 19.4 Å². The molecule has 4 rings (SSSR count). The van der Waals surface area contributed by atoms with E-state index in [-0.39, 0.29) is 5.91 Å². The van der Waals surface area contributed by atoms with Crippen LogP contribution in [0.3, 0.4) is 0 Å². The molecule has 150 valence electrons. The molecular formula is C26H25N3O. The quantitative estimate of drug-likeness (QED) is 0.429. The summed E-state index contributed by atoms with van der Waals surface area (Å²) in [5.74, 6) is -0.0284. The number of rotatable bonds is 8. The van der Waals surface area contributed by atoms with E-state index in [9.17, 15) is 4.79 Å². The molecule has 0 aliphatic carbocycles. The summed E-state index contributed by atoms with van der Waals surface area (Å²) < 4.78 is 1.89. The molecule has 0 aliphatic heterocycles. The number of benzene rings is 3. The van der Waals surface area contributed by atoms with Crippen molar-refractivity contribution in [3.05, 3.63) is 114 Å². The lowest BCUT2D eigenvalue weighted by atomic mass is 9.98. The molecule has 4 heteroatoms. The van der Waals surface area contributed by atoms with Crippen molar-refractivity contribution in [1.82, 2.24) is 15.1 Å². The number of carbonyl (C=O) groups is 1. The van der Waals surface area contributed by atoms with Crippen LogP contribution in [0.5, 0.6) is 0 Å². The molecule has 0 radical (unpaired) electrons. The van der Waals surface area contributed by atoms with E-state index in [2.05, 4.69) is 46.8 Å². The van der Waals surface area contributed by atoms with Gasteiger partial charge in [0.2, 0.25) is 0 Å². The Labute approximate surface area is 177 Å². The highest BCUT2D eigenvalue weighted by Crippen LogP contribution is 2.24. The predicted octanol–water partition coefficient (Wildman–Crippen LogP) is 4.96. The molecule has 0 spiro atoms. The third-order valence-electron chi connectivity index (χ3n) is 5.11. The van der Waals surface area contributed by atoms with Gasteiger partial charge in [0.25, 0.3) is 5.91 Å². The molecule has 3 aromatic carbocycles. The molecule has 0 bridgehead atoms. The van der Waals surface area contributed by atoms with Crippen molar-refractivity contribution in [1.29, 1.82) is 0 Å². The number of carbonyl (C=O) groups excluding carboxylic acids is 1. The number of nitrogens with zero attached hydrogens (tertiary/aromatic N) is 2. The van der Waals surface area contributed by atoms with Gasteiger partial charge >= 0.3 is 0 Å². The minimum absolute atomic E-state index is 0.0284. The predicted molar refractivity (Wildman–Crippen MR) is 120 cm³/mol. The van der Waals surface area contributed by atoms with Crippen LogP contribution in [-0.4, -0.2) is 22.2 Å². The fourth-order valence-electron chi connectivity index (χ4n) is 3.54. The van der Waals surface area contributed by atoms with Crippen LogP contribution in [0.25, 0.3) is 11.1 Å². The zero-order valence-electron chi connectivity index (χ0n) is 16.9. The van der Waals surface area contributed by atoms with E-state index in [1.807, 2.05) is 59.4 Å². The topological polar surface area (TPSA) is 46.9 Å². The van der Waals surface area contributed by atoms with Gasteiger partial charge in [-0.15, -0.1) is 0 Å². The minimum Gasteiger partial charge on any atom is -0.352 e. The Morgan fingerprint density at radius 2 is 1.60 bits per heavy atom. The second-order valence-electron chi connectivity index (χ2n) is 7.29. The van der Waals surface area contributed by atoms with Crippen LogP contribution in [0, 0.1) is 0 Å². The van der Waals surface area contributed by atoms with E-state index in [4.69, 9.17) is 0 Å². The summed E-state index contributed by atoms with van der Waals surface area (Å²) in [7, 11) is 0. The molecule has 1 N–H and O–H groups in total. The van der Waals surface area contributed by atoms with Crippen molar-refractivity contribution < 1.29 is 4.79 Å². The third-order valence-corrected chi connectivity index (χ3v) is 5.11. The summed E-state index contributed by atoms with van der Waals surface area (Å²) in [6, 6.07) is 28.4. The van der Waals surface area contributed by atoms with Crippen molar-refractivity contribution in [3.8, 4) is 11.1 Å². The number of hydrogen-bond donors (Lipinski definition) is 1. The first-order chi connectivity index (χ1) is 14.8. The smallest absolute Gasteiger partial charge is 0.251 e. The van der Waals surface area contributed by atoms with Crippen LogP contribution in [0.15, 0.2) is 97.3 Å². The maximum Gasteiger partial charge on any atom is 0.251 e. The molecule has 1 amide bonds. The fraction of sp³-hybridized carbons (Fsp3) is 0.154. The maximum atomic E-state index is 12.8. The lowest BCUT2D eigenvalue weighted by Crippen LogP contribution is -2.25. The van der Waals surface area contributed by atoms with Crippen LogP contribution < -0.4 is 5.32 Å². The minimum atomic E-state index is -0.0284. The Morgan fingerprint density at radius 3 is 2.37 bits per heavy atom. The Morgan fingerprint density at radius 1 is 0.833 bits per heavy atom. The first-order valence-electron chi connectivity index (χ1n) is 10.3. The summed E-state index contributed by atoms with van der Waals surface area (Å²) in [6.07, 6.45) is 5.61. The zero-order valence-corrected chi connectivity index (χ0v) is 16.9. The highest BCUT2D eigenvalue weighted by atomic mass is 16.1. The monoisotopic (exact) mass is 395 g/mol. The summed E-state index contributed by atoms with van der Waals surface area (Å²) in [5.41, 5.74) is 5.16. The van der Waals surface area contributed by atoms with Gasteiger partial charge in [-0.3, -0.25) is 9.48 Å². The van der Waals surface area contributed by atoms with Gasteiger partial charge in [0.15, 0.2) is 0 Å². The molecule has 1 aromatic heterocycles. The van der Waals surface area contributed by atoms with Gasteiger partial charge in [-0.25, -0.2) is 0 Å². The molecule has 0 fully saturated rings. The third kappa shape index (κ3) is 5.03. The van der Waals surface area contributed by atoms with E-state index in [0.717, 1.165) is 30.5 Å². The molecule has 0 aliphatic rings. The molecule has 0 saturated heterocycles. The molecular weight excluding hydrogens is 370 g/mol. The Balaban J connectivity index is 1.39. The molecule has 4 nitrogen and oxygen atoms in total. The molecule has 0 unspecified atom stereocenters. The Kier molecular flexibility index (Phi) is 6.35. The summed E-state index contributed by atoms with van der Waals surface area (Å²) in [4.78, 5) is 12.8. The number of nitrogens with one attached hydrogen (secondary N) is 1. The molecule has 0 saturated carbocycles. The first kappa shape index (κ1) is 19.6. The molecule has 4 aromatic rings. The van der Waals surface area contributed by atoms with E-state index in [0.29, 0.717) is 12.1 Å². The highest BCUT2D eigenvalue weighted by molar-refractivity contribution is 6.00. The summed E-state index contributed by atoms with van der Waals surface area (Å²) >= 11 is 0. The van der Waals surface area contributed by atoms with Crippen LogP contribution in [0.2, 0.25) is 0 Å². The van der Waals surface area contributed by atoms with Crippen LogP contribution in [0.1, 0.15) is 27.9 Å². The van der Waals surface area contributed by atoms with Crippen molar-refractivity contribution >= 4 is 5.91 Å². The van der Waals surface area contributed by atoms with Gasteiger partial charge in [-0.2, -0.15) is 5.10 Å². The normalized spacial score (nSPS) is 10.7. The lowest BCUT2D eigenvalue weighted by Gasteiger charge is -2.11. The first-order valence-corrected chi connectivity index (χ1v) is 10.3. The summed E-state index contributed by atoms with van der Waals surface area (Å²) in [5, 5.41) is 7.32. The van der Waals surface area contributed by atoms with Gasteiger partial charge in [0.1, 0.15) is 0 Å². The number of aryl methyl sites for hydroxylation is 1. The lowest BCUT2D eigenvalue weighted by molar-refractivity contribution is 0.0954. The van der Waals surface area contributed by atoms with Gasteiger partial charge in [0, 0.05) is 24.5 Å². The van der Waals surface area contributed by atoms with Gasteiger partial charge < -0.3 is 5.32 Å². The highest BCUT2D eigenvalue weighted by Gasteiger charge is 2.12. The Bertz CT molecular complexity index is 1070.